The second-order valence-electron chi connectivity index (χ2n) is 8.14. The molecule has 0 radical (unpaired) electrons. The standard InChI is InChI=1S/C23H28N4O6/c1-14(2)19(27-23(31)32-12-15-7-4-3-5-8-15)21(29)26-17-11-16-18(33-13-25-16)9-6-10-24-22(30)20(17)28/h3-5,7-8,13-14,17,19H,6,9-12H2,1-2H3,(H,24,30)(H,26,29)(H,27,31). The molecule has 1 aromatic heterocycles. The molecule has 3 N–H and O–H groups in total. The molecule has 3 amide bonds. The molecule has 0 aliphatic carbocycles. The first-order valence-electron chi connectivity index (χ1n) is 10.9. The van der Waals surface area contributed by atoms with Crippen LogP contribution in [0.2, 0.25) is 0 Å². The lowest BCUT2D eigenvalue weighted by Crippen LogP contribution is -2.56. The molecule has 2 heterocycles. The van der Waals surface area contributed by atoms with Crippen LogP contribution in [0, 0.1) is 5.92 Å². The number of hydrogen-bond acceptors (Lipinski definition) is 7. The Morgan fingerprint density at radius 1 is 1.24 bits per heavy atom. The quantitative estimate of drug-likeness (QED) is 0.557. The van der Waals surface area contributed by atoms with Crippen molar-refractivity contribution >= 4 is 23.7 Å². The van der Waals surface area contributed by atoms with E-state index >= 15 is 0 Å². The van der Waals surface area contributed by atoms with Gasteiger partial charge in [0.05, 0.1) is 5.69 Å². The average Bonchev–Trinajstić information content (AvgIpc) is 3.24. The molecule has 2 atom stereocenters. The number of oxazole rings is 1. The van der Waals surface area contributed by atoms with Gasteiger partial charge < -0.3 is 25.1 Å². The maximum Gasteiger partial charge on any atom is 0.408 e. The monoisotopic (exact) mass is 456 g/mol. The van der Waals surface area contributed by atoms with E-state index in [0.717, 1.165) is 5.56 Å². The van der Waals surface area contributed by atoms with Crippen LogP contribution in [0.25, 0.3) is 0 Å². The number of ketones is 1. The first-order chi connectivity index (χ1) is 15.8. The van der Waals surface area contributed by atoms with Crippen LogP contribution in [0.15, 0.2) is 41.1 Å². The van der Waals surface area contributed by atoms with Gasteiger partial charge in [-0.1, -0.05) is 44.2 Å². The number of rotatable bonds is 6. The van der Waals surface area contributed by atoms with Crippen LogP contribution < -0.4 is 16.0 Å². The summed E-state index contributed by atoms with van der Waals surface area (Å²) >= 11 is 0. The fraction of sp³-hybridized carbons (Fsp3) is 0.435. The number of carbonyl (C=O) groups excluding carboxylic acids is 4. The molecule has 0 saturated carbocycles. The van der Waals surface area contributed by atoms with Gasteiger partial charge >= 0.3 is 6.09 Å². The molecule has 0 bridgehead atoms. The van der Waals surface area contributed by atoms with E-state index in [2.05, 4.69) is 20.9 Å². The van der Waals surface area contributed by atoms with Crippen LogP contribution in [-0.2, 0) is 38.6 Å². The van der Waals surface area contributed by atoms with Gasteiger partial charge in [0.2, 0.25) is 11.7 Å². The lowest BCUT2D eigenvalue weighted by atomic mass is 9.99. The van der Waals surface area contributed by atoms with E-state index in [4.69, 9.17) is 9.15 Å². The Kier molecular flexibility index (Phi) is 8.17. The van der Waals surface area contributed by atoms with E-state index in [1.165, 1.54) is 6.39 Å². The zero-order valence-electron chi connectivity index (χ0n) is 18.6. The van der Waals surface area contributed by atoms with Crippen molar-refractivity contribution < 1.29 is 28.3 Å². The molecule has 2 aromatic rings. The van der Waals surface area contributed by atoms with E-state index < -0.39 is 35.8 Å². The number of benzene rings is 1. The molecule has 0 fully saturated rings. The first kappa shape index (κ1) is 24.0. The van der Waals surface area contributed by atoms with Gasteiger partial charge in [0.15, 0.2) is 6.39 Å². The Labute approximate surface area is 191 Å². The maximum atomic E-state index is 13.0. The third kappa shape index (κ3) is 6.64. The van der Waals surface area contributed by atoms with Gasteiger partial charge in [0, 0.05) is 19.4 Å². The Bertz CT molecular complexity index is 988. The summed E-state index contributed by atoms with van der Waals surface area (Å²) in [5, 5.41) is 7.71. The topological polar surface area (TPSA) is 140 Å². The van der Waals surface area contributed by atoms with Crippen molar-refractivity contribution in [1.82, 2.24) is 20.9 Å². The number of fused-ring (bicyclic) bond motifs is 1. The number of nitrogens with zero attached hydrogens (tertiary/aromatic N) is 1. The number of nitrogens with one attached hydrogen (secondary N) is 3. The van der Waals surface area contributed by atoms with Crippen molar-refractivity contribution in [3.05, 3.63) is 53.7 Å². The summed E-state index contributed by atoms with van der Waals surface area (Å²) in [6.45, 7) is 3.85. The molecule has 1 aromatic carbocycles. The Hall–Kier alpha value is -3.69. The summed E-state index contributed by atoms with van der Waals surface area (Å²) in [4.78, 5) is 54.4. The third-order valence-corrected chi connectivity index (χ3v) is 5.28. The first-order valence-corrected chi connectivity index (χ1v) is 10.9. The second kappa shape index (κ2) is 11.3. The van der Waals surface area contributed by atoms with Gasteiger partial charge in [0.25, 0.3) is 5.91 Å². The van der Waals surface area contributed by atoms with Gasteiger partial charge in [0.1, 0.15) is 24.5 Å². The fourth-order valence-corrected chi connectivity index (χ4v) is 3.45. The van der Waals surface area contributed by atoms with Crippen LogP contribution in [0.1, 0.15) is 37.3 Å². The van der Waals surface area contributed by atoms with Gasteiger partial charge in [-0.25, -0.2) is 9.78 Å². The van der Waals surface area contributed by atoms with Crippen molar-refractivity contribution in [2.45, 2.75) is 51.8 Å². The van der Waals surface area contributed by atoms with Crippen LogP contribution in [0.5, 0.6) is 0 Å². The highest BCUT2D eigenvalue weighted by atomic mass is 16.5. The number of carbonyl (C=O) groups is 4. The Balaban J connectivity index is 1.67. The Morgan fingerprint density at radius 3 is 2.73 bits per heavy atom. The van der Waals surface area contributed by atoms with E-state index in [1.807, 2.05) is 30.3 Å². The highest BCUT2D eigenvalue weighted by Gasteiger charge is 2.33. The molecule has 176 valence electrons. The number of alkyl carbamates (subject to hydrolysis) is 1. The number of aromatic nitrogens is 1. The minimum atomic E-state index is -1.15. The molecule has 0 spiro atoms. The zero-order chi connectivity index (χ0) is 23.8. The van der Waals surface area contributed by atoms with E-state index in [9.17, 15) is 19.2 Å². The van der Waals surface area contributed by atoms with Crippen LogP contribution in [-0.4, -0.2) is 47.3 Å². The van der Waals surface area contributed by atoms with Gasteiger partial charge in [-0.2, -0.15) is 0 Å². The molecule has 1 aliphatic rings. The summed E-state index contributed by atoms with van der Waals surface area (Å²) in [6.07, 6.45) is 1.67. The van der Waals surface area contributed by atoms with E-state index in [1.54, 1.807) is 13.8 Å². The molecule has 1 aliphatic heterocycles. The number of aryl methyl sites for hydroxylation is 1. The Morgan fingerprint density at radius 2 is 2.00 bits per heavy atom. The lowest BCUT2D eigenvalue weighted by Gasteiger charge is -2.25. The van der Waals surface area contributed by atoms with Crippen molar-refractivity contribution in [2.75, 3.05) is 6.54 Å². The normalized spacial score (nSPS) is 17.5. The van der Waals surface area contributed by atoms with Crippen molar-refractivity contribution in [2.24, 2.45) is 5.92 Å². The summed E-state index contributed by atoms with van der Waals surface area (Å²) in [5.74, 6) is -1.85. The fourth-order valence-electron chi connectivity index (χ4n) is 3.45. The molecule has 10 nitrogen and oxygen atoms in total. The largest absolute Gasteiger partial charge is 0.448 e. The SMILES string of the molecule is CC(C)C(NC(=O)OCc1ccccc1)C(=O)NC1Cc2ncoc2CCCNC(=O)C1=O. The minimum absolute atomic E-state index is 0.00704. The van der Waals surface area contributed by atoms with Crippen molar-refractivity contribution in [3.8, 4) is 0 Å². The molecule has 2 unspecified atom stereocenters. The predicted octanol–water partition coefficient (Wildman–Crippen LogP) is 1.28. The number of Topliss-reactive ketones (excluding diaryl/α,β-unsaturated/α-hetero) is 1. The molecule has 0 saturated heterocycles. The minimum Gasteiger partial charge on any atom is -0.448 e. The molecular formula is C23H28N4O6. The van der Waals surface area contributed by atoms with Crippen LogP contribution >= 0.6 is 0 Å². The molecule has 3 rings (SSSR count). The summed E-state index contributed by atoms with van der Waals surface area (Å²) in [6, 6.07) is 7.01. The number of amides is 3. The van der Waals surface area contributed by atoms with Crippen molar-refractivity contribution in [1.29, 1.82) is 0 Å². The third-order valence-electron chi connectivity index (χ3n) is 5.28. The highest BCUT2D eigenvalue weighted by molar-refractivity contribution is 6.38. The average molecular weight is 456 g/mol. The van der Waals surface area contributed by atoms with Crippen molar-refractivity contribution in [3.63, 3.8) is 0 Å². The molecular weight excluding hydrogens is 428 g/mol. The molecule has 33 heavy (non-hydrogen) atoms. The van der Waals surface area contributed by atoms with Gasteiger partial charge in [-0.05, 0) is 17.9 Å². The van der Waals surface area contributed by atoms with Gasteiger partial charge in [-0.3, -0.25) is 14.4 Å². The summed E-state index contributed by atoms with van der Waals surface area (Å²) < 4.78 is 10.6. The van der Waals surface area contributed by atoms with Crippen LogP contribution in [0.4, 0.5) is 4.79 Å². The highest BCUT2D eigenvalue weighted by Crippen LogP contribution is 2.14. The number of hydrogen-bond donors (Lipinski definition) is 3. The smallest absolute Gasteiger partial charge is 0.408 e. The van der Waals surface area contributed by atoms with Crippen LogP contribution in [0.3, 0.4) is 0 Å². The number of ether oxygens (including phenoxy) is 1. The predicted molar refractivity (Wildman–Crippen MR) is 117 cm³/mol. The summed E-state index contributed by atoms with van der Waals surface area (Å²) in [7, 11) is 0. The van der Waals surface area contributed by atoms with E-state index in [-0.39, 0.29) is 18.9 Å². The van der Waals surface area contributed by atoms with E-state index in [0.29, 0.717) is 30.8 Å². The second-order valence-corrected chi connectivity index (χ2v) is 8.14. The summed E-state index contributed by atoms with van der Waals surface area (Å²) in [5.41, 5.74) is 1.32. The lowest BCUT2D eigenvalue weighted by molar-refractivity contribution is -0.140. The maximum absolute atomic E-state index is 13.0. The zero-order valence-corrected chi connectivity index (χ0v) is 18.6. The molecule has 10 heteroatoms. The van der Waals surface area contributed by atoms with Gasteiger partial charge in [-0.15, -0.1) is 0 Å².